The predicted octanol–water partition coefficient (Wildman–Crippen LogP) is 1.31. The minimum atomic E-state index is -0.944. The van der Waals surface area contributed by atoms with Crippen molar-refractivity contribution in [2.24, 2.45) is 5.11 Å². The van der Waals surface area contributed by atoms with E-state index in [1.54, 1.807) is 13.8 Å². The summed E-state index contributed by atoms with van der Waals surface area (Å²) in [6.45, 7) is 5.89. The van der Waals surface area contributed by atoms with Gasteiger partial charge in [-0.05, 0) is 27.2 Å². The number of carbonyl (C=O) groups is 2. The number of hydrogen-bond donors (Lipinski definition) is 1. The largest absolute Gasteiger partial charge is 0.578 e. The minimum absolute atomic E-state index is 0.0743. The average molecular weight is 322 g/mol. The van der Waals surface area contributed by atoms with Gasteiger partial charge >= 0.3 is 6.16 Å². The summed E-state index contributed by atoms with van der Waals surface area (Å²) in [6, 6.07) is 0. The third kappa shape index (κ3) is 13.2. The van der Waals surface area contributed by atoms with E-state index in [2.05, 4.69) is 10.7 Å². The van der Waals surface area contributed by atoms with Crippen LogP contribution in [0.1, 0.15) is 33.6 Å². The highest BCUT2D eigenvalue weighted by molar-refractivity contribution is 5.58. The fourth-order valence-electron chi connectivity index (χ4n) is 0.997. The van der Waals surface area contributed by atoms with Crippen LogP contribution in [-0.4, -0.2) is 50.3 Å². The number of ether oxygens (including phenoxy) is 3. The molecule has 0 atom stereocenters. The second kappa shape index (κ2) is 14.2. The highest BCUT2D eigenvalue weighted by Gasteiger charge is 2.19. The Bertz CT molecular complexity index is 337. The Morgan fingerprint density at radius 1 is 1.32 bits per heavy atom. The van der Waals surface area contributed by atoms with Gasteiger partial charge in [-0.15, -0.1) is 0 Å². The third-order valence-electron chi connectivity index (χ3n) is 1.86. The molecule has 0 aromatic carbocycles. The van der Waals surface area contributed by atoms with E-state index in [0.717, 1.165) is 6.29 Å². The summed E-state index contributed by atoms with van der Waals surface area (Å²) in [7, 11) is 0. The third-order valence-corrected chi connectivity index (χ3v) is 1.86. The molecule has 0 rings (SSSR count). The summed E-state index contributed by atoms with van der Waals surface area (Å²) < 4.78 is 14.7. The minimum Gasteiger partial charge on any atom is -0.427 e. The van der Waals surface area contributed by atoms with Gasteiger partial charge in [0.2, 0.25) is 0 Å². The molecule has 0 heterocycles. The lowest BCUT2D eigenvalue weighted by molar-refractivity contribution is -0.882. The zero-order chi connectivity index (χ0) is 16.6. The standard InChI is InChI=1S/C12H24N3O7/c1-4-18-9-19-10-20-14-15(13-7-5-6-8-16)22-12(17)21-11(2)3/h8,11H,4-7,9-10H2,1-3H3,(H,13,14)/q+1. The van der Waals surface area contributed by atoms with Gasteiger partial charge in [0.15, 0.2) is 6.79 Å². The molecule has 10 nitrogen and oxygen atoms in total. The summed E-state index contributed by atoms with van der Waals surface area (Å²) >= 11 is 0. The number of unbranched alkanes of at least 4 members (excludes halogenated alkanes) is 1. The molecule has 0 spiro atoms. The molecule has 0 fully saturated rings. The van der Waals surface area contributed by atoms with E-state index in [1.807, 2.05) is 6.92 Å². The molecule has 0 bridgehead atoms. The van der Waals surface area contributed by atoms with Gasteiger partial charge in [-0.1, -0.05) is 4.84 Å². The molecular formula is C12H24N3O7+. The first-order valence-corrected chi connectivity index (χ1v) is 6.92. The van der Waals surface area contributed by atoms with Gasteiger partial charge in [-0.2, -0.15) is 9.63 Å². The van der Waals surface area contributed by atoms with E-state index in [4.69, 9.17) is 23.9 Å². The lowest BCUT2D eigenvalue weighted by Gasteiger charge is -2.05. The maximum absolute atomic E-state index is 11.4. The number of hydrazine groups is 1. The molecular weight excluding hydrogens is 298 g/mol. The molecule has 0 saturated carbocycles. The van der Waals surface area contributed by atoms with Crippen molar-refractivity contribution in [1.82, 2.24) is 5.59 Å². The van der Waals surface area contributed by atoms with E-state index in [1.165, 1.54) is 0 Å². The van der Waals surface area contributed by atoms with Crippen LogP contribution in [0.2, 0.25) is 0 Å². The highest BCUT2D eigenvalue weighted by Crippen LogP contribution is 1.94. The molecule has 0 aliphatic heterocycles. The Kier molecular flexibility index (Phi) is 13.0. The van der Waals surface area contributed by atoms with E-state index in [-0.39, 0.29) is 26.2 Å². The first-order chi connectivity index (χ1) is 10.6. The molecule has 0 unspecified atom stereocenters. The zero-order valence-electron chi connectivity index (χ0n) is 13.1. The van der Waals surface area contributed by atoms with Gasteiger partial charge in [0.25, 0.3) is 4.97 Å². The van der Waals surface area contributed by atoms with Crippen molar-refractivity contribution in [2.45, 2.75) is 39.7 Å². The second-order valence-electron chi connectivity index (χ2n) is 4.12. The second-order valence-corrected chi connectivity index (χ2v) is 4.12. The maximum Gasteiger partial charge on any atom is 0.578 e. The fourth-order valence-corrected chi connectivity index (χ4v) is 0.997. The molecule has 0 aliphatic carbocycles. The summed E-state index contributed by atoms with van der Waals surface area (Å²) in [5.74, 6) is 0. The van der Waals surface area contributed by atoms with Crippen LogP contribution in [0.3, 0.4) is 0 Å². The zero-order valence-corrected chi connectivity index (χ0v) is 13.1. The molecule has 22 heavy (non-hydrogen) atoms. The number of rotatable bonds is 13. The molecule has 0 aromatic rings. The van der Waals surface area contributed by atoms with Gasteiger partial charge in [0.05, 0.1) is 0 Å². The van der Waals surface area contributed by atoms with Crippen LogP contribution in [0.25, 0.3) is 0 Å². The molecule has 0 aromatic heterocycles. The molecule has 10 heteroatoms. The van der Waals surface area contributed by atoms with Crippen LogP contribution >= 0.6 is 0 Å². The summed E-state index contributed by atoms with van der Waals surface area (Å²) in [5, 5.41) is 3.87. The van der Waals surface area contributed by atoms with E-state index in [0.29, 0.717) is 24.4 Å². The van der Waals surface area contributed by atoms with Crippen molar-refractivity contribution in [2.75, 3.05) is 26.7 Å². The van der Waals surface area contributed by atoms with Gasteiger partial charge in [-0.3, -0.25) is 0 Å². The topological polar surface area (TPSA) is 108 Å². The van der Waals surface area contributed by atoms with Crippen LogP contribution in [0.4, 0.5) is 4.79 Å². The molecule has 0 aliphatic rings. The fraction of sp³-hybridized carbons (Fsp3) is 0.833. The van der Waals surface area contributed by atoms with Crippen molar-refractivity contribution in [3.63, 3.8) is 0 Å². The number of carbonyl (C=O) groups excluding carboxylic acids is 2. The normalized spacial score (nSPS) is 11.4. The van der Waals surface area contributed by atoms with Gasteiger partial charge in [-0.25, -0.2) is 0 Å². The highest BCUT2D eigenvalue weighted by atomic mass is 16.9. The first-order valence-electron chi connectivity index (χ1n) is 6.92. The first kappa shape index (κ1) is 20.2. The average Bonchev–Trinajstić information content (AvgIpc) is 2.46. The van der Waals surface area contributed by atoms with Gasteiger partial charge in [0, 0.05) is 23.7 Å². The van der Waals surface area contributed by atoms with Crippen molar-refractivity contribution in [1.29, 1.82) is 0 Å². The van der Waals surface area contributed by atoms with E-state index in [9.17, 15) is 9.59 Å². The molecule has 1 N–H and O–H groups in total. The molecule has 0 radical (unpaired) electrons. The lowest BCUT2D eigenvalue weighted by atomic mass is 10.3. The van der Waals surface area contributed by atoms with E-state index < -0.39 is 6.16 Å². The van der Waals surface area contributed by atoms with Crippen LogP contribution in [-0.2, 0) is 28.7 Å². The SMILES string of the molecule is CCOCOCON[N+](=NCCCC=O)OC(=O)OC(C)C. The molecule has 0 saturated heterocycles. The predicted molar refractivity (Wildman–Crippen MR) is 72.2 cm³/mol. The number of aldehydes is 1. The monoisotopic (exact) mass is 322 g/mol. The summed E-state index contributed by atoms with van der Waals surface area (Å²) in [5.41, 5.74) is 2.25. The van der Waals surface area contributed by atoms with Crippen LogP contribution in [0.5, 0.6) is 0 Å². The molecule has 128 valence electrons. The van der Waals surface area contributed by atoms with Gasteiger partial charge < -0.3 is 19.0 Å². The van der Waals surface area contributed by atoms with Gasteiger partial charge in [0.1, 0.15) is 25.7 Å². The van der Waals surface area contributed by atoms with Crippen molar-refractivity contribution >= 4 is 12.4 Å². The Morgan fingerprint density at radius 2 is 2.09 bits per heavy atom. The molecule has 0 amide bonds. The van der Waals surface area contributed by atoms with Crippen LogP contribution < -0.4 is 5.59 Å². The maximum atomic E-state index is 11.4. The Labute approximate surface area is 129 Å². The van der Waals surface area contributed by atoms with Crippen LogP contribution in [0, 0.1) is 0 Å². The van der Waals surface area contributed by atoms with E-state index >= 15 is 0 Å². The number of nitrogens with one attached hydrogen (secondary N) is 1. The van der Waals surface area contributed by atoms with Crippen molar-refractivity contribution in [3.8, 4) is 0 Å². The quantitative estimate of drug-likeness (QED) is 0.103. The van der Waals surface area contributed by atoms with Crippen molar-refractivity contribution in [3.05, 3.63) is 0 Å². The smallest absolute Gasteiger partial charge is 0.427 e. The number of nitrogens with zero attached hydrogens (tertiary/aromatic N) is 2. The Balaban J connectivity index is 4.15. The Morgan fingerprint density at radius 3 is 2.73 bits per heavy atom. The number of hydrogen-bond acceptors (Lipinski definition) is 8. The Hall–Kier alpha value is -1.78. The van der Waals surface area contributed by atoms with Crippen molar-refractivity contribution < 1.29 is 38.4 Å². The lowest BCUT2D eigenvalue weighted by Crippen LogP contribution is -2.32. The van der Waals surface area contributed by atoms with Crippen LogP contribution in [0.15, 0.2) is 5.11 Å². The summed E-state index contributed by atoms with van der Waals surface area (Å²) in [6.07, 6.45) is 0.358. The summed E-state index contributed by atoms with van der Waals surface area (Å²) in [4.78, 5) is 31.9.